The van der Waals surface area contributed by atoms with Crippen molar-refractivity contribution in [3.05, 3.63) is 51.4 Å². The molecular formula is C15H15F2N3O3S. The number of hydrogen-bond donors (Lipinski definition) is 1. The number of hydrogen-bond acceptors (Lipinski definition) is 4. The lowest BCUT2D eigenvalue weighted by molar-refractivity contribution is 0.483. The molecule has 1 N–H and O–H groups in total. The van der Waals surface area contributed by atoms with Crippen molar-refractivity contribution in [3.63, 3.8) is 0 Å². The molecule has 0 spiro atoms. The number of rotatable bonds is 3. The van der Waals surface area contributed by atoms with E-state index >= 15 is 0 Å². The fourth-order valence-corrected chi connectivity index (χ4v) is 4.39. The van der Waals surface area contributed by atoms with Gasteiger partial charge in [-0.1, -0.05) is 0 Å². The van der Waals surface area contributed by atoms with E-state index in [0.29, 0.717) is 18.2 Å². The summed E-state index contributed by atoms with van der Waals surface area (Å²) in [5.41, 5.74) is 0.200. The Morgan fingerprint density at radius 1 is 1.38 bits per heavy atom. The first kappa shape index (κ1) is 16.6. The SMILES string of the molecule is Cc1[nH]n(C2CCS(=O)(=O)C2)c(=O)c1C=Nc1ccc(F)cc1F. The first-order valence-corrected chi connectivity index (χ1v) is 9.09. The topological polar surface area (TPSA) is 84.3 Å². The Kier molecular flexibility index (Phi) is 4.12. The third-order valence-corrected chi connectivity index (χ3v) is 5.71. The van der Waals surface area contributed by atoms with E-state index in [0.717, 1.165) is 6.07 Å². The van der Waals surface area contributed by atoms with Crippen LogP contribution in [0, 0.1) is 18.6 Å². The van der Waals surface area contributed by atoms with Gasteiger partial charge in [0.25, 0.3) is 5.56 Å². The van der Waals surface area contributed by atoms with Gasteiger partial charge in [-0.05, 0) is 25.5 Å². The van der Waals surface area contributed by atoms with Crippen LogP contribution in [0.25, 0.3) is 0 Å². The normalized spacial score (nSPS) is 20.0. The number of aromatic amines is 1. The molecule has 0 saturated carbocycles. The number of aryl methyl sites for hydroxylation is 1. The van der Waals surface area contributed by atoms with Gasteiger partial charge in [-0.15, -0.1) is 0 Å². The minimum Gasteiger partial charge on any atom is -0.299 e. The van der Waals surface area contributed by atoms with Gasteiger partial charge in [-0.2, -0.15) is 0 Å². The van der Waals surface area contributed by atoms with Gasteiger partial charge in [0.1, 0.15) is 5.82 Å². The molecule has 0 aliphatic carbocycles. The maximum Gasteiger partial charge on any atom is 0.275 e. The molecular weight excluding hydrogens is 340 g/mol. The van der Waals surface area contributed by atoms with Crippen molar-refractivity contribution >= 4 is 21.7 Å². The summed E-state index contributed by atoms with van der Waals surface area (Å²) < 4.78 is 50.9. The molecule has 9 heteroatoms. The van der Waals surface area contributed by atoms with E-state index in [-0.39, 0.29) is 22.8 Å². The molecule has 1 fully saturated rings. The maximum absolute atomic E-state index is 13.6. The zero-order valence-electron chi connectivity index (χ0n) is 12.8. The number of benzene rings is 1. The summed E-state index contributed by atoms with van der Waals surface area (Å²) in [6, 6.07) is 2.51. The van der Waals surface area contributed by atoms with Crippen LogP contribution < -0.4 is 5.56 Å². The van der Waals surface area contributed by atoms with Crippen molar-refractivity contribution < 1.29 is 17.2 Å². The summed E-state index contributed by atoms with van der Waals surface area (Å²) in [5, 5.41) is 2.85. The van der Waals surface area contributed by atoms with Crippen LogP contribution in [0.3, 0.4) is 0 Å². The quantitative estimate of drug-likeness (QED) is 0.853. The highest BCUT2D eigenvalue weighted by atomic mass is 32.2. The molecule has 1 aromatic carbocycles. The Morgan fingerprint density at radius 3 is 2.75 bits per heavy atom. The van der Waals surface area contributed by atoms with Crippen LogP contribution in [-0.4, -0.2) is 35.9 Å². The molecule has 1 saturated heterocycles. The molecule has 6 nitrogen and oxygen atoms in total. The molecule has 2 aromatic rings. The van der Waals surface area contributed by atoms with E-state index in [4.69, 9.17) is 0 Å². The first-order chi connectivity index (χ1) is 11.3. The Balaban J connectivity index is 1.92. The van der Waals surface area contributed by atoms with Gasteiger partial charge in [0.2, 0.25) is 0 Å². The molecule has 0 bridgehead atoms. The number of sulfone groups is 1. The summed E-state index contributed by atoms with van der Waals surface area (Å²) in [4.78, 5) is 16.3. The lowest BCUT2D eigenvalue weighted by atomic mass is 10.2. The van der Waals surface area contributed by atoms with Gasteiger partial charge in [0.15, 0.2) is 15.7 Å². The Morgan fingerprint density at radius 2 is 2.12 bits per heavy atom. The standard InChI is InChI=1S/C15H15F2N3O3S/c1-9-12(7-18-14-3-2-10(16)6-13(14)17)15(21)20(19-9)11-4-5-24(22,23)8-11/h2-3,6-7,11,19H,4-5,8H2,1H3. The zero-order chi connectivity index (χ0) is 17.5. The second-order valence-electron chi connectivity index (χ2n) is 5.74. The monoisotopic (exact) mass is 355 g/mol. The summed E-state index contributed by atoms with van der Waals surface area (Å²) in [6.45, 7) is 1.64. The highest BCUT2D eigenvalue weighted by Crippen LogP contribution is 2.22. The highest BCUT2D eigenvalue weighted by Gasteiger charge is 2.31. The number of H-pyrrole nitrogens is 1. The molecule has 128 valence electrons. The van der Waals surface area contributed by atoms with Gasteiger partial charge < -0.3 is 0 Å². The molecule has 0 amide bonds. The van der Waals surface area contributed by atoms with E-state index < -0.39 is 33.1 Å². The molecule has 1 atom stereocenters. The molecule has 0 radical (unpaired) electrons. The van der Waals surface area contributed by atoms with Crippen LogP contribution >= 0.6 is 0 Å². The van der Waals surface area contributed by atoms with Crippen LogP contribution in [0.5, 0.6) is 0 Å². The van der Waals surface area contributed by atoms with Crippen molar-refractivity contribution in [1.82, 2.24) is 9.78 Å². The zero-order valence-corrected chi connectivity index (χ0v) is 13.6. The van der Waals surface area contributed by atoms with Gasteiger partial charge in [-0.25, -0.2) is 21.9 Å². The number of nitrogens with zero attached hydrogens (tertiary/aromatic N) is 2. The van der Waals surface area contributed by atoms with E-state index in [2.05, 4.69) is 10.1 Å². The number of aromatic nitrogens is 2. The summed E-state index contributed by atoms with van der Waals surface area (Å²) in [6.07, 6.45) is 1.57. The van der Waals surface area contributed by atoms with Crippen LogP contribution in [0.2, 0.25) is 0 Å². The summed E-state index contributed by atoms with van der Waals surface area (Å²) in [7, 11) is -3.13. The van der Waals surface area contributed by atoms with E-state index in [1.165, 1.54) is 17.0 Å². The molecule has 1 aliphatic rings. The molecule has 2 heterocycles. The number of nitrogens with one attached hydrogen (secondary N) is 1. The lowest BCUT2D eigenvalue weighted by Crippen LogP contribution is -2.25. The van der Waals surface area contributed by atoms with E-state index in [1.807, 2.05) is 0 Å². The molecule has 1 aliphatic heterocycles. The third-order valence-electron chi connectivity index (χ3n) is 3.96. The van der Waals surface area contributed by atoms with Gasteiger partial charge >= 0.3 is 0 Å². The van der Waals surface area contributed by atoms with Gasteiger partial charge in [0, 0.05) is 18.0 Å². The minimum atomic E-state index is -3.13. The Labute approximate surface area is 136 Å². The molecule has 3 rings (SSSR count). The Hall–Kier alpha value is -2.29. The molecule has 1 unspecified atom stereocenters. The second kappa shape index (κ2) is 5.97. The van der Waals surface area contributed by atoms with Crippen LogP contribution in [-0.2, 0) is 9.84 Å². The average Bonchev–Trinajstić information content (AvgIpc) is 2.99. The van der Waals surface area contributed by atoms with Crippen LogP contribution in [0.1, 0.15) is 23.7 Å². The minimum absolute atomic E-state index is 0.0480. The van der Waals surface area contributed by atoms with E-state index in [1.54, 1.807) is 6.92 Å². The number of aliphatic imine (C=N–C) groups is 1. The molecule has 1 aromatic heterocycles. The third kappa shape index (κ3) is 3.16. The lowest BCUT2D eigenvalue weighted by Gasteiger charge is -2.07. The summed E-state index contributed by atoms with van der Waals surface area (Å²) >= 11 is 0. The maximum atomic E-state index is 13.6. The predicted molar refractivity (Wildman–Crippen MR) is 85.7 cm³/mol. The first-order valence-electron chi connectivity index (χ1n) is 7.27. The van der Waals surface area contributed by atoms with Crippen LogP contribution in [0.15, 0.2) is 28.0 Å². The number of halogens is 2. The second-order valence-corrected chi connectivity index (χ2v) is 7.97. The van der Waals surface area contributed by atoms with Crippen molar-refractivity contribution in [3.8, 4) is 0 Å². The van der Waals surface area contributed by atoms with Crippen molar-refractivity contribution in [2.45, 2.75) is 19.4 Å². The van der Waals surface area contributed by atoms with Crippen LogP contribution in [0.4, 0.5) is 14.5 Å². The Bertz CT molecular complexity index is 976. The van der Waals surface area contributed by atoms with Gasteiger partial charge in [0.05, 0.1) is 28.8 Å². The van der Waals surface area contributed by atoms with Crippen molar-refractivity contribution in [2.24, 2.45) is 4.99 Å². The summed E-state index contributed by atoms with van der Waals surface area (Å²) in [5.74, 6) is -1.58. The fourth-order valence-electron chi connectivity index (χ4n) is 2.69. The largest absolute Gasteiger partial charge is 0.299 e. The van der Waals surface area contributed by atoms with Crippen molar-refractivity contribution in [2.75, 3.05) is 11.5 Å². The average molecular weight is 355 g/mol. The molecule has 24 heavy (non-hydrogen) atoms. The van der Waals surface area contributed by atoms with E-state index in [9.17, 15) is 22.0 Å². The smallest absolute Gasteiger partial charge is 0.275 e. The fraction of sp³-hybridized carbons (Fsp3) is 0.333. The van der Waals surface area contributed by atoms with Crippen molar-refractivity contribution in [1.29, 1.82) is 0 Å². The highest BCUT2D eigenvalue weighted by molar-refractivity contribution is 7.91. The predicted octanol–water partition coefficient (Wildman–Crippen LogP) is 1.87. The van der Waals surface area contributed by atoms with Gasteiger partial charge in [-0.3, -0.25) is 14.9 Å².